The van der Waals surface area contributed by atoms with Crippen molar-refractivity contribution in [3.05, 3.63) is 34.9 Å². The molecule has 0 bridgehead atoms. The first kappa shape index (κ1) is 21.4. The van der Waals surface area contributed by atoms with Crippen LogP contribution in [0.3, 0.4) is 0 Å². The first-order valence-electron chi connectivity index (χ1n) is 11.4. The number of rotatable bonds is 6. The van der Waals surface area contributed by atoms with Crippen LogP contribution in [0.4, 0.5) is 0 Å². The number of amides is 2. The van der Waals surface area contributed by atoms with Crippen molar-refractivity contribution in [3.8, 4) is 0 Å². The lowest BCUT2D eigenvalue weighted by Crippen LogP contribution is -2.62. The third-order valence-corrected chi connectivity index (χ3v) is 7.20. The quantitative estimate of drug-likeness (QED) is 0.338. The van der Waals surface area contributed by atoms with Crippen molar-refractivity contribution in [1.29, 1.82) is 0 Å². The van der Waals surface area contributed by atoms with Gasteiger partial charge in [-0.1, -0.05) is 18.2 Å². The van der Waals surface area contributed by atoms with Gasteiger partial charge in [-0.3, -0.25) is 39.2 Å². The Bertz CT molecular complexity index is 938. The maximum atomic E-state index is 12.6. The van der Waals surface area contributed by atoms with Gasteiger partial charge in [0.05, 0.1) is 6.04 Å². The van der Waals surface area contributed by atoms with Gasteiger partial charge in [-0.2, -0.15) is 0 Å². The van der Waals surface area contributed by atoms with Crippen LogP contribution in [-0.4, -0.2) is 89.9 Å². The number of hydrogen-bond donors (Lipinski definition) is 2. The summed E-state index contributed by atoms with van der Waals surface area (Å²) in [6.45, 7) is 7.60. The van der Waals surface area contributed by atoms with E-state index in [1.807, 2.05) is 12.1 Å². The number of imide groups is 1. The van der Waals surface area contributed by atoms with Crippen LogP contribution in [0.5, 0.6) is 0 Å². The van der Waals surface area contributed by atoms with E-state index in [-0.39, 0.29) is 12.3 Å². The van der Waals surface area contributed by atoms with E-state index >= 15 is 0 Å². The van der Waals surface area contributed by atoms with Crippen molar-refractivity contribution in [1.82, 2.24) is 25.3 Å². The Labute approximate surface area is 187 Å². The molecule has 0 aliphatic carbocycles. The number of Topliss-reactive ketones (excluding diaryl/α,β-unsaturated/α-hetero) is 1. The third kappa shape index (κ3) is 4.01. The molecule has 0 saturated carbocycles. The van der Waals surface area contributed by atoms with E-state index in [4.69, 9.17) is 0 Å². The zero-order valence-corrected chi connectivity index (χ0v) is 18.1. The van der Waals surface area contributed by atoms with Crippen LogP contribution in [0.25, 0.3) is 0 Å². The van der Waals surface area contributed by atoms with Crippen molar-refractivity contribution in [2.24, 2.45) is 0 Å². The van der Waals surface area contributed by atoms with Gasteiger partial charge in [-0.25, -0.2) is 0 Å². The number of aldehydes is 1. The highest BCUT2D eigenvalue weighted by molar-refractivity contribution is 6.27. The van der Waals surface area contributed by atoms with Crippen LogP contribution in [0.15, 0.2) is 18.2 Å². The number of fused-ring (bicyclic) bond motifs is 1. The van der Waals surface area contributed by atoms with E-state index in [0.29, 0.717) is 25.3 Å². The summed E-state index contributed by atoms with van der Waals surface area (Å²) in [5.41, 5.74) is 2.88. The SMILES string of the molecule is O=CC(=O)C1c2cc(CN3CC(N4CCNCC4)C3)ccc2CN1C1CCC(=O)NC1=O. The summed E-state index contributed by atoms with van der Waals surface area (Å²) >= 11 is 0. The van der Waals surface area contributed by atoms with Crippen molar-refractivity contribution >= 4 is 23.9 Å². The Morgan fingerprint density at radius 2 is 1.94 bits per heavy atom. The van der Waals surface area contributed by atoms with E-state index in [9.17, 15) is 19.2 Å². The summed E-state index contributed by atoms with van der Waals surface area (Å²) in [6.07, 6.45) is 0.938. The lowest BCUT2D eigenvalue weighted by molar-refractivity contribution is -0.141. The monoisotopic (exact) mass is 439 g/mol. The molecule has 4 aliphatic heterocycles. The normalized spacial score (nSPS) is 27.6. The van der Waals surface area contributed by atoms with Gasteiger partial charge in [0.2, 0.25) is 17.6 Å². The van der Waals surface area contributed by atoms with Gasteiger partial charge in [0.25, 0.3) is 0 Å². The first-order chi connectivity index (χ1) is 15.5. The molecule has 9 nitrogen and oxygen atoms in total. The maximum Gasteiger partial charge on any atom is 0.243 e. The molecule has 2 amide bonds. The maximum absolute atomic E-state index is 12.6. The van der Waals surface area contributed by atoms with E-state index in [2.05, 4.69) is 26.5 Å². The summed E-state index contributed by atoms with van der Waals surface area (Å²) in [5, 5.41) is 5.75. The molecule has 170 valence electrons. The third-order valence-electron chi connectivity index (χ3n) is 7.20. The van der Waals surface area contributed by atoms with Crippen LogP contribution < -0.4 is 10.6 Å². The van der Waals surface area contributed by atoms with Gasteiger partial charge < -0.3 is 5.32 Å². The molecule has 4 aliphatic rings. The number of benzene rings is 1. The van der Waals surface area contributed by atoms with Crippen molar-refractivity contribution in [3.63, 3.8) is 0 Å². The number of piperazine rings is 1. The number of carbonyl (C=O) groups excluding carboxylic acids is 4. The second-order valence-electron chi connectivity index (χ2n) is 9.23. The number of ketones is 1. The minimum atomic E-state index is -0.767. The molecule has 5 rings (SSSR count). The molecule has 3 fully saturated rings. The molecule has 9 heteroatoms. The van der Waals surface area contributed by atoms with Crippen LogP contribution in [-0.2, 0) is 32.3 Å². The van der Waals surface area contributed by atoms with Crippen LogP contribution in [0.1, 0.15) is 35.6 Å². The largest absolute Gasteiger partial charge is 0.314 e. The van der Waals surface area contributed by atoms with E-state index in [1.54, 1.807) is 4.90 Å². The molecular formula is C23H29N5O4. The van der Waals surface area contributed by atoms with Crippen LogP contribution >= 0.6 is 0 Å². The lowest BCUT2D eigenvalue weighted by Gasteiger charge is -2.47. The summed E-state index contributed by atoms with van der Waals surface area (Å²) in [7, 11) is 0. The predicted molar refractivity (Wildman–Crippen MR) is 115 cm³/mol. The number of nitrogens with zero attached hydrogens (tertiary/aromatic N) is 3. The van der Waals surface area contributed by atoms with Gasteiger partial charge in [-0.15, -0.1) is 0 Å². The predicted octanol–water partition coefficient (Wildman–Crippen LogP) is -0.794. The summed E-state index contributed by atoms with van der Waals surface area (Å²) < 4.78 is 0. The van der Waals surface area contributed by atoms with E-state index in [0.717, 1.165) is 62.5 Å². The molecule has 0 spiro atoms. The molecule has 32 heavy (non-hydrogen) atoms. The minimum absolute atomic E-state index is 0.236. The minimum Gasteiger partial charge on any atom is -0.314 e. The van der Waals surface area contributed by atoms with Gasteiger partial charge in [-0.05, 0) is 23.1 Å². The van der Waals surface area contributed by atoms with Crippen molar-refractivity contribution in [2.45, 2.75) is 44.1 Å². The fourth-order valence-electron chi connectivity index (χ4n) is 5.49. The Balaban J connectivity index is 1.29. The molecule has 0 radical (unpaired) electrons. The Hall–Kier alpha value is -2.46. The zero-order valence-electron chi connectivity index (χ0n) is 18.1. The fourth-order valence-corrected chi connectivity index (χ4v) is 5.49. The summed E-state index contributed by atoms with van der Waals surface area (Å²) in [4.78, 5) is 54.7. The number of hydrogen-bond acceptors (Lipinski definition) is 8. The fraction of sp³-hybridized carbons (Fsp3) is 0.565. The van der Waals surface area contributed by atoms with E-state index in [1.165, 1.54) is 0 Å². The second-order valence-corrected chi connectivity index (χ2v) is 9.23. The Morgan fingerprint density at radius 3 is 2.66 bits per heavy atom. The summed E-state index contributed by atoms with van der Waals surface area (Å²) in [6, 6.07) is 5.36. The highest BCUT2D eigenvalue weighted by Crippen LogP contribution is 2.38. The molecule has 4 heterocycles. The van der Waals surface area contributed by atoms with Gasteiger partial charge >= 0.3 is 0 Å². The molecule has 0 aromatic heterocycles. The van der Waals surface area contributed by atoms with Crippen LogP contribution in [0, 0.1) is 0 Å². The number of carbonyl (C=O) groups is 4. The van der Waals surface area contributed by atoms with E-state index < -0.39 is 23.8 Å². The topological polar surface area (TPSA) is 102 Å². The van der Waals surface area contributed by atoms with Crippen molar-refractivity contribution in [2.75, 3.05) is 39.3 Å². The average molecular weight is 440 g/mol. The Kier molecular flexibility index (Phi) is 5.90. The zero-order chi connectivity index (χ0) is 22.2. The molecular weight excluding hydrogens is 410 g/mol. The highest BCUT2D eigenvalue weighted by atomic mass is 16.2. The first-order valence-corrected chi connectivity index (χ1v) is 11.4. The van der Waals surface area contributed by atoms with Gasteiger partial charge in [0.1, 0.15) is 6.04 Å². The molecule has 2 unspecified atom stereocenters. The second kappa shape index (κ2) is 8.82. The molecule has 1 aromatic rings. The lowest BCUT2D eigenvalue weighted by atomic mass is 9.96. The molecule has 2 N–H and O–H groups in total. The van der Waals surface area contributed by atoms with Crippen LogP contribution in [0.2, 0.25) is 0 Å². The molecule has 1 aromatic carbocycles. The molecule has 3 saturated heterocycles. The summed E-state index contributed by atoms with van der Waals surface area (Å²) in [5.74, 6) is -1.23. The standard InChI is InChI=1S/C23H29N5O4/c29-14-20(30)22-18-9-15(10-26-12-17(13-26)27-7-5-24-6-8-27)1-2-16(18)11-28(22)19-3-4-21(31)25-23(19)32/h1-2,9,14,17,19,22,24H,3-8,10-13H2,(H,25,31,32). The smallest absolute Gasteiger partial charge is 0.243 e. The molecule has 2 atom stereocenters. The van der Waals surface area contributed by atoms with Gasteiger partial charge in [0, 0.05) is 64.8 Å². The number of likely N-dealkylation sites (tertiary alicyclic amines) is 1. The number of piperidine rings is 1. The number of nitrogens with one attached hydrogen (secondary N) is 2. The average Bonchev–Trinajstić information content (AvgIpc) is 3.14. The van der Waals surface area contributed by atoms with Gasteiger partial charge in [0.15, 0.2) is 6.29 Å². The van der Waals surface area contributed by atoms with Crippen molar-refractivity contribution < 1.29 is 19.2 Å². The highest BCUT2D eigenvalue weighted by Gasteiger charge is 2.43. The Morgan fingerprint density at radius 1 is 1.16 bits per heavy atom.